The summed E-state index contributed by atoms with van der Waals surface area (Å²) < 4.78 is 10.6. The van der Waals surface area contributed by atoms with Crippen LogP contribution in [0.25, 0.3) is 0 Å². The largest absolute Gasteiger partial charge is 0.508 e. The fourth-order valence-corrected chi connectivity index (χ4v) is 8.38. The number of phenols is 1. The molecule has 3 unspecified atom stereocenters. The Labute approximate surface area is 444 Å². The van der Waals surface area contributed by atoms with E-state index in [0.717, 1.165) is 22.6 Å². The topological polar surface area (TPSA) is 348 Å². The van der Waals surface area contributed by atoms with Gasteiger partial charge in [0, 0.05) is 93.4 Å². The molecule has 3 aromatic rings. The Kier molecular flexibility index (Phi) is 24.9. The van der Waals surface area contributed by atoms with Crippen molar-refractivity contribution >= 4 is 82.0 Å². The van der Waals surface area contributed by atoms with Gasteiger partial charge in [-0.05, 0) is 80.5 Å². The lowest BCUT2D eigenvalue weighted by Crippen LogP contribution is -2.54. The number of rotatable bonds is 32. The minimum Gasteiger partial charge on any atom is -0.508 e. The highest BCUT2D eigenvalue weighted by Gasteiger charge is 2.29. The quantitative estimate of drug-likeness (QED) is 0.0243. The molecule has 0 saturated heterocycles. The monoisotopic (exact) mass is 1080 g/mol. The minimum absolute atomic E-state index is 0.0311. The SMILES string of the molecule is CC(=O)OC(C)c1nc(C(=O)NC(Cc2ccc(O)cc2)CC(C)C(=O)Nc2ccc(NC(=O)[C@H](CCCNC(N)=O)NC(=O)[C@@H](NCCNC(=O)CCOCCNC(=O)CCN3C(=O)C=CC3=O)C(C)C)cc2)cs1. The van der Waals surface area contributed by atoms with Crippen LogP contribution in [0.3, 0.4) is 0 Å². The van der Waals surface area contributed by atoms with Gasteiger partial charge in [0.1, 0.15) is 22.5 Å². The number of nitrogens with zero attached hydrogens (tertiary/aromatic N) is 2. The minimum atomic E-state index is -1.04. The fourth-order valence-electron chi connectivity index (χ4n) is 7.59. The standard InChI is InChI=1S/C51H69N11O13S/c1-30(2)45(55-22-21-53-42(66)19-25-74-26-23-54-41(65)18-24-62-43(67)16-17-44(62)68)49(72)60-39(7-6-20-56-51(52)73)47(70)58-36-12-10-35(11-13-36)57-46(69)31(3)27-37(28-34-8-14-38(64)15-9-34)59-48(71)40-29-76-50(61-40)32(4)75-33(5)63/h8-17,29-32,37,39,45,55,64H,6-7,18-28H2,1-5H3,(H,53,66)(H,54,65)(H,57,69)(H,58,70)(H,59,71)(H,60,72)(H3,52,56,73)/t31?,32?,37?,39-,45-/m0/s1. The molecule has 2 aromatic carbocycles. The molecule has 0 saturated carbocycles. The average Bonchev–Trinajstić information content (AvgIpc) is 3.99. The summed E-state index contributed by atoms with van der Waals surface area (Å²) in [6.45, 7) is 9.20. The number of nitrogens with two attached hydrogens (primary N) is 1. The molecular weight excluding hydrogens is 1010 g/mol. The number of urea groups is 1. The van der Waals surface area contributed by atoms with Crippen LogP contribution < -0.4 is 48.3 Å². The van der Waals surface area contributed by atoms with Crippen molar-refractivity contribution in [2.24, 2.45) is 17.6 Å². The summed E-state index contributed by atoms with van der Waals surface area (Å²) in [5, 5.41) is 34.3. The molecule has 24 nitrogen and oxygen atoms in total. The zero-order valence-corrected chi connectivity index (χ0v) is 44.1. The van der Waals surface area contributed by atoms with Crippen molar-refractivity contribution in [2.75, 3.05) is 56.6 Å². The molecule has 1 aliphatic rings. The van der Waals surface area contributed by atoms with Gasteiger partial charge in [-0.25, -0.2) is 9.78 Å². The second-order valence-electron chi connectivity index (χ2n) is 18.2. The number of aromatic nitrogens is 1. The summed E-state index contributed by atoms with van der Waals surface area (Å²) in [5.41, 5.74) is 6.94. The second-order valence-corrected chi connectivity index (χ2v) is 19.1. The number of carbonyl (C=O) groups excluding carboxylic acids is 10. The number of phenolic OH excluding ortho intramolecular Hbond substituents is 1. The van der Waals surface area contributed by atoms with E-state index in [2.05, 4.69) is 47.5 Å². The maximum Gasteiger partial charge on any atom is 0.312 e. The summed E-state index contributed by atoms with van der Waals surface area (Å²) in [7, 11) is 0. The number of aromatic hydroxyl groups is 1. The van der Waals surface area contributed by atoms with E-state index >= 15 is 0 Å². The van der Waals surface area contributed by atoms with Gasteiger partial charge in [0.05, 0.1) is 19.3 Å². The van der Waals surface area contributed by atoms with E-state index in [1.54, 1.807) is 55.6 Å². The van der Waals surface area contributed by atoms with Crippen LogP contribution in [0.2, 0.25) is 0 Å². The molecule has 0 radical (unpaired) electrons. The van der Waals surface area contributed by atoms with Crippen molar-refractivity contribution in [3.05, 3.63) is 82.3 Å². The molecule has 10 amide bonds. The zero-order valence-electron chi connectivity index (χ0n) is 43.2. The van der Waals surface area contributed by atoms with Crippen molar-refractivity contribution < 1.29 is 62.5 Å². The molecule has 0 fully saturated rings. The van der Waals surface area contributed by atoms with Crippen LogP contribution in [0.5, 0.6) is 5.75 Å². The third kappa shape index (κ3) is 21.6. The molecule has 0 bridgehead atoms. The maximum absolute atomic E-state index is 13.7. The lowest BCUT2D eigenvalue weighted by atomic mass is 9.95. The molecule has 1 aromatic heterocycles. The van der Waals surface area contributed by atoms with Gasteiger partial charge in [-0.1, -0.05) is 32.9 Å². The number of esters is 1. The highest BCUT2D eigenvalue weighted by atomic mass is 32.1. The van der Waals surface area contributed by atoms with E-state index in [1.165, 1.54) is 30.4 Å². The first-order chi connectivity index (χ1) is 36.2. The molecule has 11 N–H and O–H groups in total. The third-order valence-electron chi connectivity index (χ3n) is 11.6. The first-order valence-corrected chi connectivity index (χ1v) is 25.7. The Bertz CT molecular complexity index is 2500. The number of carbonyl (C=O) groups is 10. The lowest BCUT2D eigenvalue weighted by Gasteiger charge is -2.25. The van der Waals surface area contributed by atoms with E-state index in [4.69, 9.17) is 15.2 Å². The first kappa shape index (κ1) is 60.8. The maximum atomic E-state index is 13.7. The van der Waals surface area contributed by atoms with E-state index in [1.807, 2.05) is 13.8 Å². The molecule has 76 heavy (non-hydrogen) atoms. The normalized spacial score (nSPS) is 13.9. The lowest BCUT2D eigenvalue weighted by molar-refractivity contribution is -0.146. The predicted octanol–water partition coefficient (Wildman–Crippen LogP) is 1.92. The number of anilines is 2. The smallest absolute Gasteiger partial charge is 0.312 e. The number of hydrogen-bond donors (Lipinski definition) is 10. The first-order valence-electron chi connectivity index (χ1n) is 24.8. The van der Waals surface area contributed by atoms with Gasteiger partial charge < -0.3 is 62.8 Å². The molecule has 5 atom stereocenters. The van der Waals surface area contributed by atoms with Crippen molar-refractivity contribution in [3.8, 4) is 5.75 Å². The van der Waals surface area contributed by atoms with Crippen LogP contribution in [0.15, 0.2) is 66.1 Å². The van der Waals surface area contributed by atoms with Crippen LogP contribution in [-0.2, 0) is 54.3 Å². The van der Waals surface area contributed by atoms with Gasteiger partial charge >= 0.3 is 12.0 Å². The average molecular weight is 1080 g/mol. The molecule has 2 heterocycles. The number of amides is 10. The molecule has 412 valence electrons. The second kappa shape index (κ2) is 31.2. The number of imide groups is 1. The highest BCUT2D eigenvalue weighted by molar-refractivity contribution is 7.09. The Balaban J connectivity index is 1.25. The molecular formula is C51H69N11O13S. The number of benzene rings is 2. The summed E-state index contributed by atoms with van der Waals surface area (Å²) in [6, 6.07) is 9.77. The molecule has 0 aliphatic carbocycles. The molecule has 1 aliphatic heterocycles. The van der Waals surface area contributed by atoms with Crippen LogP contribution in [0, 0.1) is 11.8 Å². The molecule has 0 spiro atoms. The van der Waals surface area contributed by atoms with Crippen LogP contribution in [0.4, 0.5) is 16.2 Å². The number of thiazole rings is 1. The highest BCUT2D eigenvalue weighted by Crippen LogP contribution is 2.23. The fraction of sp³-hybridized carbons (Fsp3) is 0.471. The summed E-state index contributed by atoms with van der Waals surface area (Å²) in [4.78, 5) is 130. The summed E-state index contributed by atoms with van der Waals surface area (Å²) >= 11 is 1.18. The third-order valence-corrected chi connectivity index (χ3v) is 12.6. The van der Waals surface area contributed by atoms with Gasteiger partial charge in [0.25, 0.3) is 17.7 Å². The van der Waals surface area contributed by atoms with Crippen LogP contribution >= 0.6 is 11.3 Å². The van der Waals surface area contributed by atoms with Crippen LogP contribution in [0.1, 0.15) is 93.9 Å². The van der Waals surface area contributed by atoms with Crippen molar-refractivity contribution in [1.82, 2.24) is 41.8 Å². The van der Waals surface area contributed by atoms with Crippen molar-refractivity contribution in [1.29, 1.82) is 0 Å². The van der Waals surface area contributed by atoms with Gasteiger partial charge in [-0.15, -0.1) is 11.3 Å². The Morgan fingerprint density at radius 2 is 1.38 bits per heavy atom. The Morgan fingerprint density at radius 3 is 2.01 bits per heavy atom. The van der Waals surface area contributed by atoms with Crippen LogP contribution in [-0.4, -0.2) is 138 Å². The van der Waals surface area contributed by atoms with Gasteiger partial charge in [-0.3, -0.25) is 48.1 Å². The van der Waals surface area contributed by atoms with Gasteiger partial charge in [-0.2, -0.15) is 0 Å². The van der Waals surface area contributed by atoms with Gasteiger partial charge in [0.15, 0.2) is 6.10 Å². The zero-order chi connectivity index (χ0) is 55.7. The molecule has 25 heteroatoms. The van der Waals surface area contributed by atoms with Gasteiger partial charge in [0.2, 0.25) is 29.5 Å². The predicted molar refractivity (Wildman–Crippen MR) is 280 cm³/mol. The molecule has 4 rings (SSSR count). The van der Waals surface area contributed by atoms with E-state index in [9.17, 15) is 53.1 Å². The number of primary amides is 1. The number of hydrogen-bond acceptors (Lipinski definition) is 16. The Hall–Kier alpha value is -7.77. The number of ether oxygens (including phenoxy) is 2. The van der Waals surface area contributed by atoms with E-state index < -0.39 is 71.7 Å². The van der Waals surface area contributed by atoms with E-state index in [-0.39, 0.29) is 107 Å². The number of nitrogens with one attached hydrogen (secondary N) is 8. The summed E-state index contributed by atoms with van der Waals surface area (Å²) in [6.07, 6.45) is 2.62. The van der Waals surface area contributed by atoms with E-state index in [0.29, 0.717) is 29.2 Å². The Morgan fingerprint density at radius 1 is 0.750 bits per heavy atom. The van der Waals surface area contributed by atoms with Crippen molar-refractivity contribution in [3.63, 3.8) is 0 Å². The summed E-state index contributed by atoms with van der Waals surface area (Å²) in [5.74, 6) is -4.67. The van der Waals surface area contributed by atoms with Crippen molar-refractivity contribution in [2.45, 2.75) is 97.4 Å².